The molecule has 1 aromatic rings. The minimum atomic E-state index is -4.36. The average molecular weight is 264 g/mol. The Bertz CT molecular complexity index is 402. The van der Waals surface area contributed by atoms with Crippen molar-refractivity contribution in [2.24, 2.45) is 5.73 Å². The third kappa shape index (κ3) is 3.87. The highest BCUT2D eigenvalue weighted by Crippen LogP contribution is 2.26. The molecule has 0 saturated carbocycles. The van der Waals surface area contributed by atoms with E-state index >= 15 is 0 Å². The van der Waals surface area contributed by atoms with Gasteiger partial charge >= 0.3 is 6.18 Å². The summed E-state index contributed by atoms with van der Waals surface area (Å²) in [5.74, 6) is -0.684. The Balaban J connectivity index is 3.00. The van der Waals surface area contributed by atoms with Crippen LogP contribution in [0.2, 0.25) is 0 Å². The van der Waals surface area contributed by atoms with E-state index in [-0.39, 0.29) is 18.3 Å². The van der Waals surface area contributed by atoms with E-state index in [1.54, 1.807) is 19.9 Å². The van der Waals surface area contributed by atoms with Crippen LogP contribution in [0.4, 0.5) is 23.2 Å². The summed E-state index contributed by atoms with van der Waals surface area (Å²) >= 11 is 0. The largest absolute Gasteiger partial charge is 0.405 e. The van der Waals surface area contributed by atoms with E-state index in [0.717, 1.165) is 4.90 Å². The average Bonchev–Trinajstić information content (AvgIpc) is 2.24. The van der Waals surface area contributed by atoms with Crippen molar-refractivity contribution in [2.45, 2.75) is 26.1 Å². The Kier molecular flexibility index (Phi) is 4.56. The first-order chi connectivity index (χ1) is 8.24. The summed E-state index contributed by atoms with van der Waals surface area (Å²) in [4.78, 5) is 0.945. The van der Waals surface area contributed by atoms with Gasteiger partial charge in [-0.1, -0.05) is 6.07 Å². The molecule has 0 aliphatic rings. The Labute approximate surface area is 103 Å². The van der Waals surface area contributed by atoms with Crippen LogP contribution in [0.5, 0.6) is 0 Å². The molecule has 0 amide bonds. The number of hydrogen-bond donors (Lipinski definition) is 1. The molecule has 1 atom stereocenters. The molecule has 0 fully saturated rings. The monoisotopic (exact) mass is 264 g/mol. The zero-order valence-electron chi connectivity index (χ0n) is 10.3. The first-order valence-electron chi connectivity index (χ1n) is 5.61. The molecule has 0 heterocycles. The van der Waals surface area contributed by atoms with Crippen molar-refractivity contribution >= 4 is 5.69 Å². The Morgan fingerprint density at radius 2 is 1.94 bits per heavy atom. The summed E-state index contributed by atoms with van der Waals surface area (Å²) in [7, 11) is 0. The molecule has 0 aliphatic carbocycles. The first-order valence-corrected chi connectivity index (χ1v) is 5.61. The van der Waals surface area contributed by atoms with Crippen molar-refractivity contribution in [3.05, 3.63) is 29.6 Å². The molecule has 0 aromatic heterocycles. The fraction of sp³-hybridized carbons (Fsp3) is 0.500. The summed E-state index contributed by atoms with van der Waals surface area (Å²) in [5, 5.41) is 0. The lowest BCUT2D eigenvalue weighted by Gasteiger charge is -2.25. The second-order valence-corrected chi connectivity index (χ2v) is 4.13. The van der Waals surface area contributed by atoms with Crippen molar-refractivity contribution in [3.63, 3.8) is 0 Å². The van der Waals surface area contributed by atoms with Crippen molar-refractivity contribution < 1.29 is 17.6 Å². The van der Waals surface area contributed by atoms with E-state index in [4.69, 9.17) is 5.73 Å². The summed E-state index contributed by atoms with van der Waals surface area (Å²) in [5.41, 5.74) is 6.08. The standard InChI is InChI=1S/C12H16F4N2/c1-3-18(7-12(14,15)16)11-5-4-9(8(2)17)6-10(11)13/h4-6,8H,3,7,17H2,1-2H3/t8-/m0/s1. The molecule has 0 saturated heterocycles. The smallest absolute Gasteiger partial charge is 0.360 e. The lowest BCUT2D eigenvalue weighted by molar-refractivity contribution is -0.119. The minimum absolute atomic E-state index is 0.0563. The minimum Gasteiger partial charge on any atom is -0.360 e. The summed E-state index contributed by atoms with van der Waals surface area (Å²) < 4.78 is 50.8. The van der Waals surface area contributed by atoms with Crippen molar-refractivity contribution in [2.75, 3.05) is 18.0 Å². The topological polar surface area (TPSA) is 29.3 Å². The number of benzene rings is 1. The number of nitrogens with two attached hydrogens (primary N) is 1. The predicted molar refractivity (Wildman–Crippen MR) is 62.9 cm³/mol. The zero-order chi connectivity index (χ0) is 13.9. The van der Waals surface area contributed by atoms with E-state index < -0.39 is 18.5 Å². The first kappa shape index (κ1) is 14.8. The van der Waals surface area contributed by atoms with Gasteiger partial charge < -0.3 is 10.6 Å². The van der Waals surface area contributed by atoms with Crippen LogP contribution in [0.15, 0.2) is 18.2 Å². The second kappa shape index (κ2) is 5.56. The third-order valence-corrected chi connectivity index (χ3v) is 2.59. The van der Waals surface area contributed by atoms with E-state index in [2.05, 4.69) is 0 Å². The van der Waals surface area contributed by atoms with Gasteiger partial charge in [-0.15, -0.1) is 0 Å². The number of hydrogen-bond acceptors (Lipinski definition) is 2. The number of anilines is 1. The molecule has 2 N–H and O–H groups in total. The van der Waals surface area contributed by atoms with Gasteiger partial charge in [-0.25, -0.2) is 4.39 Å². The van der Waals surface area contributed by atoms with Gasteiger partial charge in [0, 0.05) is 12.6 Å². The van der Waals surface area contributed by atoms with E-state index in [0.29, 0.717) is 5.56 Å². The van der Waals surface area contributed by atoms with Gasteiger partial charge in [-0.05, 0) is 31.5 Å². The zero-order valence-corrected chi connectivity index (χ0v) is 10.3. The Hall–Kier alpha value is -1.30. The lowest BCUT2D eigenvalue weighted by atomic mass is 10.1. The van der Waals surface area contributed by atoms with Gasteiger partial charge in [-0.2, -0.15) is 13.2 Å². The molecule has 1 aromatic carbocycles. The maximum absolute atomic E-state index is 13.8. The van der Waals surface area contributed by atoms with Crippen LogP contribution in [0, 0.1) is 5.82 Å². The third-order valence-electron chi connectivity index (χ3n) is 2.59. The summed E-state index contributed by atoms with van der Waals surface area (Å²) in [6.07, 6.45) is -4.36. The molecule has 0 radical (unpaired) electrons. The van der Waals surface area contributed by atoms with Crippen LogP contribution >= 0.6 is 0 Å². The second-order valence-electron chi connectivity index (χ2n) is 4.13. The van der Waals surface area contributed by atoms with Crippen LogP contribution in [-0.2, 0) is 0 Å². The van der Waals surface area contributed by atoms with Crippen molar-refractivity contribution in [3.8, 4) is 0 Å². The summed E-state index contributed by atoms with van der Waals surface area (Å²) in [6.45, 7) is 2.14. The van der Waals surface area contributed by atoms with Gasteiger partial charge in [0.2, 0.25) is 0 Å². The highest BCUT2D eigenvalue weighted by atomic mass is 19.4. The van der Waals surface area contributed by atoms with Crippen molar-refractivity contribution in [1.29, 1.82) is 0 Å². The maximum Gasteiger partial charge on any atom is 0.405 e. The van der Waals surface area contributed by atoms with Gasteiger partial charge in [0.1, 0.15) is 12.4 Å². The molecule has 0 bridgehead atoms. The number of rotatable bonds is 4. The van der Waals surface area contributed by atoms with Crippen molar-refractivity contribution in [1.82, 2.24) is 0 Å². The lowest BCUT2D eigenvalue weighted by Crippen LogP contribution is -2.34. The molecule has 1 rings (SSSR count). The highest BCUT2D eigenvalue weighted by molar-refractivity contribution is 5.49. The normalized spacial score (nSPS) is 13.5. The number of halogens is 4. The van der Waals surface area contributed by atoms with Crippen LogP contribution in [0.25, 0.3) is 0 Å². The highest BCUT2D eigenvalue weighted by Gasteiger charge is 2.31. The molecule has 0 spiro atoms. The van der Waals surface area contributed by atoms with E-state index in [1.165, 1.54) is 12.1 Å². The fourth-order valence-electron chi connectivity index (χ4n) is 1.65. The maximum atomic E-state index is 13.8. The summed E-state index contributed by atoms with van der Waals surface area (Å²) in [6, 6.07) is 3.70. The SMILES string of the molecule is CCN(CC(F)(F)F)c1ccc([C@H](C)N)cc1F. The van der Waals surface area contributed by atoms with Gasteiger partial charge in [0.15, 0.2) is 0 Å². The predicted octanol–water partition coefficient (Wildman–Crippen LogP) is 3.23. The molecule has 6 heteroatoms. The van der Waals surface area contributed by atoms with Crippen LogP contribution < -0.4 is 10.6 Å². The number of nitrogens with zero attached hydrogens (tertiary/aromatic N) is 1. The van der Waals surface area contributed by atoms with Gasteiger partial charge in [0.25, 0.3) is 0 Å². The quantitative estimate of drug-likeness (QED) is 0.846. The number of alkyl halides is 3. The van der Waals surface area contributed by atoms with E-state index in [1.807, 2.05) is 0 Å². The van der Waals surface area contributed by atoms with Crippen LogP contribution in [0.1, 0.15) is 25.5 Å². The Morgan fingerprint density at radius 1 is 1.33 bits per heavy atom. The Morgan fingerprint density at radius 3 is 2.33 bits per heavy atom. The molecule has 0 aliphatic heterocycles. The molecular weight excluding hydrogens is 248 g/mol. The molecule has 102 valence electrons. The van der Waals surface area contributed by atoms with Gasteiger partial charge in [0.05, 0.1) is 5.69 Å². The van der Waals surface area contributed by atoms with Crippen LogP contribution in [0.3, 0.4) is 0 Å². The van der Waals surface area contributed by atoms with Crippen LogP contribution in [-0.4, -0.2) is 19.3 Å². The van der Waals surface area contributed by atoms with Gasteiger partial charge in [-0.3, -0.25) is 0 Å². The molecule has 18 heavy (non-hydrogen) atoms. The fourth-order valence-corrected chi connectivity index (χ4v) is 1.65. The molecule has 2 nitrogen and oxygen atoms in total. The van der Waals surface area contributed by atoms with E-state index in [9.17, 15) is 17.6 Å². The molecular formula is C12H16F4N2. The molecule has 0 unspecified atom stereocenters.